The maximum atomic E-state index is 13.5. The zero-order chi connectivity index (χ0) is 24.6. The predicted molar refractivity (Wildman–Crippen MR) is 131 cm³/mol. The van der Waals surface area contributed by atoms with E-state index in [2.05, 4.69) is 15.4 Å². The number of carbonyl (C=O) groups excluding carboxylic acids is 2. The number of ether oxygens (including phenoxy) is 2. The molecule has 1 amide bonds. The summed E-state index contributed by atoms with van der Waals surface area (Å²) in [6, 6.07) is 22.7. The molecule has 0 atom stereocenters. The predicted octanol–water partition coefficient (Wildman–Crippen LogP) is 3.60. The van der Waals surface area contributed by atoms with Crippen LogP contribution in [0.5, 0.6) is 5.75 Å². The third-order valence-electron chi connectivity index (χ3n) is 5.32. The normalized spacial score (nSPS) is 14.4. The van der Waals surface area contributed by atoms with Gasteiger partial charge in [-0.15, -0.1) is 5.10 Å². The van der Waals surface area contributed by atoms with Gasteiger partial charge in [0.25, 0.3) is 11.8 Å². The van der Waals surface area contributed by atoms with Gasteiger partial charge in [-0.25, -0.2) is 5.01 Å². The van der Waals surface area contributed by atoms with E-state index in [0.717, 1.165) is 16.8 Å². The number of carbonyl (C=O) groups is 2. The minimum absolute atomic E-state index is 0.0233. The van der Waals surface area contributed by atoms with Gasteiger partial charge in [0.05, 0.1) is 25.9 Å². The number of hydrogen-bond donors (Lipinski definition) is 1. The second kappa shape index (κ2) is 11.1. The third kappa shape index (κ3) is 6.11. The topological polar surface area (TPSA) is 93.1 Å². The van der Waals surface area contributed by atoms with Crippen LogP contribution in [-0.4, -0.2) is 34.9 Å². The summed E-state index contributed by atoms with van der Waals surface area (Å²) in [5, 5.41) is 9.01. The molecule has 0 bridgehead atoms. The Kier molecular flexibility index (Phi) is 7.52. The zero-order valence-corrected chi connectivity index (χ0v) is 19.6. The highest BCUT2D eigenvalue weighted by Gasteiger charge is 2.35. The highest BCUT2D eigenvalue weighted by Crippen LogP contribution is 2.24. The van der Waals surface area contributed by atoms with E-state index < -0.39 is 5.97 Å². The Morgan fingerprint density at radius 2 is 1.77 bits per heavy atom. The van der Waals surface area contributed by atoms with Crippen LogP contribution < -0.4 is 10.1 Å². The number of benzene rings is 2. The number of allylic oxidation sites excluding steroid dienone is 1. The van der Waals surface area contributed by atoms with Crippen LogP contribution >= 0.6 is 0 Å². The minimum atomic E-state index is -0.555. The molecule has 4 rings (SSSR count). The summed E-state index contributed by atoms with van der Waals surface area (Å²) >= 11 is 0. The fourth-order valence-electron chi connectivity index (χ4n) is 3.68. The van der Waals surface area contributed by atoms with Gasteiger partial charge in [-0.05, 0) is 35.4 Å². The SMILES string of the molecule is COc1cccc(CC(NCc2ccccn2)=C2C(=O)N(Cc3ccccc3)N=C2OC(C)=O)c1. The number of rotatable bonds is 8. The fraction of sp³-hybridized carbons (Fsp3) is 0.185. The number of esters is 1. The molecule has 1 N–H and O–H groups in total. The first-order chi connectivity index (χ1) is 17.0. The lowest BCUT2D eigenvalue weighted by atomic mass is 10.0. The average Bonchev–Trinajstić information content (AvgIpc) is 3.16. The summed E-state index contributed by atoms with van der Waals surface area (Å²) in [7, 11) is 1.60. The second-order valence-corrected chi connectivity index (χ2v) is 7.90. The van der Waals surface area contributed by atoms with E-state index in [-0.39, 0.29) is 23.9 Å². The van der Waals surface area contributed by atoms with Crippen molar-refractivity contribution in [3.05, 3.63) is 107 Å². The molecule has 1 aliphatic rings. The van der Waals surface area contributed by atoms with Gasteiger partial charge in [0.15, 0.2) is 0 Å². The second-order valence-electron chi connectivity index (χ2n) is 7.90. The van der Waals surface area contributed by atoms with E-state index in [9.17, 15) is 9.59 Å². The first-order valence-corrected chi connectivity index (χ1v) is 11.2. The Hall–Kier alpha value is -4.46. The van der Waals surface area contributed by atoms with Crippen LogP contribution in [0, 0.1) is 0 Å². The number of nitrogens with zero attached hydrogens (tertiary/aromatic N) is 3. The molecule has 0 unspecified atom stereocenters. The van der Waals surface area contributed by atoms with E-state index in [1.54, 1.807) is 13.3 Å². The highest BCUT2D eigenvalue weighted by atomic mass is 16.5. The Balaban J connectivity index is 1.71. The van der Waals surface area contributed by atoms with Gasteiger partial charge in [0.2, 0.25) is 0 Å². The molecule has 0 saturated carbocycles. The third-order valence-corrected chi connectivity index (χ3v) is 5.32. The lowest BCUT2D eigenvalue weighted by Gasteiger charge is -2.16. The number of hydrazone groups is 1. The van der Waals surface area contributed by atoms with Crippen molar-refractivity contribution >= 4 is 17.8 Å². The van der Waals surface area contributed by atoms with Crippen molar-refractivity contribution in [2.45, 2.75) is 26.4 Å². The number of pyridine rings is 1. The number of nitrogens with one attached hydrogen (secondary N) is 1. The molecule has 0 spiro atoms. The van der Waals surface area contributed by atoms with Crippen molar-refractivity contribution in [2.75, 3.05) is 7.11 Å². The summed E-state index contributed by atoms with van der Waals surface area (Å²) in [6.45, 7) is 1.91. The van der Waals surface area contributed by atoms with Crippen LogP contribution in [0.1, 0.15) is 23.7 Å². The molecular weight excluding hydrogens is 444 g/mol. The zero-order valence-electron chi connectivity index (χ0n) is 19.6. The Morgan fingerprint density at radius 1 is 1.00 bits per heavy atom. The molecule has 35 heavy (non-hydrogen) atoms. The summed E-state index contributed by atoms with van der Waals surface area (Å²) in [4.78, 5) is 29.8. The van der Waals surface area contributed by atoms with Crippen LogP contribution in [0.25, 0.3) is 0 Å². The molecule has 0 aliphatic carbocycles. The highest BCUT2D eigenvalue weighted by molar-refractivity contribution is 6.23. The van der Waals surface area contributed by atoms with Crippen molar-refractivity contribution in [2.24, 2.45) is 5.10 Å². The Labute approximate surface area is 203 Å². The molecular formula is C27H26N4O4. The van der Waals surface area contributed by atoms with Crippen molar-refractivity contribution in [1.29, 1.82) is 0 Å². The molecule has 3 aromatic rings. The largest absolute Gasteiger partial charge is 0.497 e. The number of aromatic nitrogens is 1. The lowest BCUT2D eigenvalue weighted by molar-refractivity contribution is -0.133. The van der Waals surface area contributed by atoms with E-state index in [1.165, 1.54) is 11.9 Å². The van der Waals surface area contributed by atoms with Crippen molar-refractivity contribution in [3.8, 4) is 5.75 Å². The average molecular weight is 471 g/mol. The van der Waals surface area contributed by atoms with Gasteiger partial charge in [0, 0.05) is 25.2 Å². The molecule has 2 heterocycles. The van der Waals surface area contributed by atoms with E-state index in [0.29, 0.717) is 24.4 Å². The summed E-state index contributed by atoms with van der Waals surface area (Å²) in [5.74, 6) is -0.226. The molecule has 0 fully saturated rings. The van der Waals surface area contributed by atoms with Crippen LogP contribution in [-0.2, 0) is 33.8 Å². The van der Waals surface area contributed by atoms with Gasteiger partial charge < -0.3 is 14.8 Å². The smallest absolute Gasteiger partial charge is 0.309 e. The lowest BCUT2D eigenvalue weighted by Crippen LogP contribution is -2.27. The van der Waals surface area contributed by atoms with Crippen LogP contribution in [0.2, 0.25) is 0 Å². The summed E-state index contributed by atoms with van der Waals surface area (Å²) in [6.07, 6.45) is 2.07. The van der Waals surface area contributed by atoms with Crippen molar-refractivity contribution < 1.29 is 19.1 Å². The monoisotopic (exact) mass is 470 g/mol. The van der Waals surface area contributed by atoms with Crippen LogP contribution in [0.3, 0.4) is 0 Å². The molecule has 1 aliphatic heterocycles. The molecule has 0 radical (unpaired) electrons. The molecule has 8 nitrogen and oxygen atoms in total. The van der Waals surface area contributed by atoms with Crippen molar-refractivity contribution in [3.63, 3.8) is 0 Å². The molecule has 1 aromatic heterocycles. The van der Waals surface area contributed by atoms with Gasteiger partial charge in [0.1, 0.15) is 11.3 Å². The van der Waals surface area contributed by atoms with Gasteiger partial charge in [-0.1, -0.05) is 48.5 Å². The van der Waals surface area contributed by atoms with E-state index in [1.807, 2.05) is 72.8 Å². The van der Waals surface area contributed by atoms with Gasteiger partial charge >= 0.3 is 5.97 Å². The van der Waals surface area contributed by atoms with Gasteiger partial charge in [-0.2, -0.15) is 0 Å². The molecule has 2 aromatic carbocycles. The molecule has 178 valence electrons. The minimum Gasteiger partial charge on any atom is -0.497 e. The van der Waals surface area contributed by atoms with E-state index >= 15 is 0 Å². The van der Waals surface area contributed by atoms with Crippen molar-refractivity contribution in [1.82, 2.24) is 15.3 Å². The summed E-state index contributed by atoms with van der Waals surface area (Å²) in [5.41, 5.74) is 3.41. The standard InChI is InChI=1S/C27H26N4O4/c1-19(32)35-26-25(27(33)31(30-26)18-20-9-4-3-5-10-20)24(29-17-22-12-6-7-14-28-22)16-21-11-8-13-23(15-21)34-2/h3-15,29H,16-18H2,1-2H3. The maximum absolute atomic E-state index is 13.5. The first-order valence-electron chi connectivity index (χ1n) is 11.2. The summed E-state index contributed by atoms with van der Waals surface area (Å²) < 4.78 is 10.7. The van der Waals surface area contributed by atoms with Crippen LogP contribution in [0.15, 0.2) is 95.4 Å². The quantitative estimate of drug-likeness (QED) is 0.400. The first kappa shape index (κ1) is 23.7. The number of amides is 1. The van der Waals surface area contributed by atoms with E-state index in [4.69, 9.17) is 9.47 Å². The Morgan fingerprint density at radius 3 is 2.49 bits per heavy atom. The molecule has 8 heteroatoms. The molecule has 0 saturated heterocycles. The maximum Gasteiger partial charge on any atom is 0.309 e. The Bertz CT molecular complexity index is 1260. The van der Waals surface area contributed by atoms with Gasteiger partial charge in [-0.3, -0.25) is 14.6 Å². The fourth-order valence-corrected chi connectivity index (χ4v) is 3.68. The number of methoxy groups -OCH3 is 1. The van der Waals surface area contributed by atoms with Crippen LogP contribution in [0.4, 0.5) is 0 Å². The number of hydrogen-bond acceptors (Lipinski definition) is 7.